The van der Waals surface area contributed by atoms with E-state index in [1.807, 2.05) is 13.0 Å². The van der Waals surface area contributed by atoms with E-state index in [-0.39, 0.29) is 11.7 Å². The molecule has 78 valence electrons. The van der Waals surface area contributed by atoms with E-state index in [2.05, 4.69) is 0 Å². The van der Waals surface area contributed by atoms with Gasteiger partial charge in [-0.25, -0.2) is 0 Å². The molecule has 3 heteroatoms. The van der Waals surface area contributed by atoms with E-state index < -0.39 is 0 Å². The topological polar surface area (TPSA) is 50.1 Å². The molecule has 0 aliphatic rings. The Morgan fingerprint density at radius 1 is 1.47 bits per heavy atom. The van der Waals surface area contributed by atoms with Crippen LogP contribution < -0.4 is 4.74 Å². The number of ether oxygens (including phenoxy) is 1. The molecule has 0 aliphatic carbocycles. The zero-order chi connectivity index (χ0) is 11.3. The number of ketones is 1. The molecule has 0 spiro atoms. The summed E-state index contributed by atoms with van der Waals surface area (Å²) in [6.07, 6.45) is 0. The molecular formula is C12H13NO2. The highest BCUT2D eigenvalue weighted by atomic mass is 16.5. The summed E-state index contributed by atoms with van der Waals surface area (Å²) >= 11 is 0. The van der Waals surface area contributed by atoms with Gasteiger partial charge in [0.05, 0.1) is 18.2 Å². The van der Waals surface area contributed by atoms with Crippen LogP contribution in [0.25, 0.3) is 0 Å². The fourth-order valence-electron chi connectivity index (χ4n) is 0.964. The van der Waals surface area contributed by atoms with Crippen molar-refractivity contribution in [2.45, 2.75) is 13.8 Å². The maximum absolute atomic E-state index is 10.9. The van der Waals surface area contributed by atoms with Crippen molar-refractivity contribution in [3.05, 3.63) is 29.8 Å². The zero-order valence-corrected chi connectivity index (χ0v) is 8.86. The normalized spacial score (nSPS) is 11.5. The largest absolute Gasteiger partial charge is 0.493 e. The Hall–Kier alpha value is -1.82. The Morgan fingerprint density at radius 3 is 2.53 bits per heavy atom. The smallest absolute Gasteiger partial charge is 0.136 e. The van der Waals surface area contributed by atoms with E-state index in [0.717, 1.165) is 0 Å². The lowest BCUT2D eigenvalue weighted by Crippen LogP contribution is -2.15. The number of carbonyl (C=O) groups excluding carboxylic acids is 1. The van der Waals surface area contributed by atoms with E-state index in [9.17, 15) is 4.79 Å². The van der Waals surface area contributed by atoms with Crippen molar-refractivity contribution >= 4 is 5.78 Å². The summed E-state index contributed by atoms with van der Waals surface area (Å²) in [6, 6.07) is 8.86. The molecule has 0 heterocycles. The molecule has 0 bridgehead atoms. The van der Waals surface area contributed by atoms with Crippen LogP contribution in [-0.2, 0) is 4.79 Å². The number of benzene rings is 1. The van der Waals surface area contributed by atoms with Gasteiger partial charge in [-0.05, 0) is 31.2 Å². The fraction of sp³-hybridized carbons (Fsp3) is 0.333. The maximum atomic E-state index is 10.9. The molecule has 0 fully saturated rings. The molecule has 1 unspecified atom stereocenters. The van der Waals surface area contributed by atoms with Crippen molar-refractivity contribution < 1.29 is 9.53 Å². The van der Waals surface area contributed by atoms with Crippen LogP contribution in [0.1, 0.15) is 19.4 Å². The third-order valence-electron chi connectivity index (χ3n) is 2.18. The first kappa shape index (κ1) is 11.3. The molecule has 0 amide bonds. The minimum atomic E-state index is -0.0966. The molecule has 1 aromatic carbocycles. The Labute approximate surface area is 89.3 Å². The Morgan fingerprint density at radius 2 is 2.07 bits per heavy atom. The van der Waals surface area contributed by atoms with Gasteiger partial charge in [0.25, 0.3) is 0 Å². The Bertz CT molecular complexity index is 376. The second kappa shape index (κ2) is 5.16. The van der Waals surface area contributed by atoms with E-state index >= 15 is 0 Å². The average molecular weight is 203 g/mol. The van der Waals surface area contributed by atoms with Crippen LogP contribution in [0.15, 0.2) is 24.3 Å². The number of hydrogen-bond acceptors (Lipinski definition) is 3. The number of nitriles is 1. The fourth-order valence-corrected chi connectivity index (χ4v) is 0.964. The van der Waals surface area contributed by atoms with Gasteiger partial charge in [-0.15, -0.1) is 0 Å². The molecule has 15 heavy (non-hydrogen) atoms. The minimum absolute atomic E-state index is 0.0966. The third kappa shape index (κ3) is 3.43. The van der Waals surface area contributed by atoms with Crippen LogP contribution in [-0.4, -0.2) is 12.4 Å². The molecule has 1 rings (SSSR count). The summed E-state index contributed by atoms with van der Waals surface area (Å²) in [4.78, 5) is 10.9. The van der Waals surface area contributed by atoms with Crippen molar-refractivity contribution in [2.75, 3.05) is 6.61 Å². The molecule has 3 nitrogen and oxygen atoms in total. The second-order valence-electron chi connectivity index (χ2n) is 3.46. The molecule has 1 aromatic rings. The zero-order valence-electron chi connectivity index (χ0n) is 8.86. The van der Waals surface area contributed by atoms with Gasteiger partial charge in [0.2, 0.25) is 0 Å². The molecule has 0 saturated carbocycles. The molecule has 0 aliphatic heterocycles. The van der Waals surface area contributed by atoms with E-state index in [1.54, 1.807) is 31.2 Å². The van der Waals surface area contributed by atoms with Crippen molar-refractivity contribution in [1.29, 1.82) is 5.26 Å². The third-order valence-corrected chi connectivity index (χ3v) is 2.18. The van der Waals surface area contributed by atoms with Crippen molar-refractivity contribution in [3.63, 3.8) is 0 Å². The summed E-state index contributed by atoms with van der Waals surface area (Å²) in [6.45, 7) is 3.75. The molecule has 1 atom stereocenters. The molecule has 0 saturated heterocycles. The van der Waals surface area contributed by atoms with Gasteiger partial charge >= 0.3 is 0 Å². The lowest BCUT2D eigenvalue weighted by atomic mass is 10.1. The summed E-state index contributed by atoms with van der Waals surface area (Å²) in [7, 11) is 0. The number of Topliss-reactive ketones (excluding diaryl/α,β-unsaturated/α-hetero) is 1. The highest BCUT2D eigenvalue weighted by Gasteiger charge is 2.07. The number of nitrogens with zero attached hydrogens (tertiary/aromatic N) is 1. The highest BCUT2D eigenvalue weighted by molar-refractivity contribution is 5.77. The molecule has 0 N–H and O–H groups in total. The van der Waals surface area contributed by atoms with Crippen molar-refractivity contribution in [3.8, 4) is 11.8 Å². The lowest BCUT2D eigenvalue weighted by Gasteiger charge is -2.09. The average Bonchev–Trinajstić information content (AvgIpc) is 2.26. The first-order chi connectivity index (χ1) is 7.13. The summed E-state index contributed by atoms with van der Waals surface area (Å²) < 4.78 is 5.40. The van der Waals surface area contributed by atoms with Crippen molar-refractivity contribution in [1.82, 2.24) is 0 Å². The van der Waals surface area contributed by atoms with Crippen LogP contribution in [0.3, 0.4) is 0 Å². The lowest BCUT2D eigenvalue weighted by molar-refractivity contribution is -0.121. The summed E-state index contributed by atoms with van der Waals surface area (Å²) in [5, 5.41) is 8.58. The van der Waals surface area contributed by atoms with Gasteiger partial charge in [-0.2, -0.15) is 5.26 Å². The first-order valence-corrected chi connectivity index (χ1v) is 4.77. The van der Waals surface area contributed by atoms with Crippen LogP contribution in [0, 0.1) is 17.2 Å². The number of carbonyl (C=O) groups is 1. The van der Waals surface area contributed by atoms with Crippen LogP contribution in [0.4, 0.5) is 0 Å². The van der Waals surface area contributed by atoms with Gasteiger partial charge < -0.3 is 4.74 Å². The molecule has 0 aromatic heterocycles. The Balaban J connectivity index is 2.52. The SMILES string of the molecule is CC(=O)C(C)COc1ccc(C#N)cc1. The first-order valence-electron chi connectivity index (χ1n) is 4.77. The van der Waals surface area contributed by atoms with Gasteiger partial charge in [-0.3, -0.25) is 4.79 Å². The van der Waals surface area contributed by atoms with Gasteiger partial charge in [0.1, 0.15) is 11.5 Å². The minimum Gasteiger partial charge on any atom is -0.493 e. The quantitative estimate of drug-likeness (QED) is 0.753. The van der Waals surface area contributed by atoms with Gasteiger partial charge in [0, 0.05) is 5.92 Å². The monoisotopic (exact) mass is 203 g/mol. The predicted molar refractivity (Wildman–Crippen MR) is 56.5 cm³/mol. The van der Waals surface area contributed by atoms with E-state index in [4.69, 9.17) is 10.00 Å². The van der Waals surface area contributed by atoms with Crippen molar-refractivity contribution in [2.24, 2.45) is 5.92 Å². The highest BCUT2D eigenvalue weighted by Crippen LogP contribution is 2.12. The predicted octanol–water partition coefficient (Wildman–Crippen LogP) is 2.16. The van der Waals surface area contributed by atoms with E-state index in [1.165, 1.54) is 0 Å². The van der Waals surface area contributed by atoms with E-state index in [0.29, 0.717) is 17.9 Å². The standard InChI is InChI=1S/C12H13NO2/c1-9(10(2)14)8-15-12-5-3-11(7-13)4-6-12/h3-6,9H,8H2,1-2H3. The van der Waals surface area contributed by atoms with Crippen LogP contribution in [0.5, 0.6) is 5.75 Å². The number of rotatable bonds is 4. The summed E-state index contributed by atoms with van der Waals surface area (Å²) in [5.74, 6) is 0.700. The van der Waals surface area contributed by atoms with Gasteiger partial charge in [-0.1, -0.05) is 6.92 Å². The van der Waals surface area contributed by atoms with Gasteiger partial charge in [0.15, 0.2) is 0 Å². The molecule has 0 radical (unpaired) electrons. The summed E-state index contributed by atoms with van der Waals surface area (Å²) in [5.41, 5.74) is 0.599. The number of hydrogen-bond donors (Lipinski definition) is 0. The second-order valence-corrected chi connectivity index (χ2v) is 3.46. The van der Waals surface area contributed by atoms with Crippen LogP contribution >= 0.6 is 0 Å². The van der Waals surface area contributed by atoms with Crippen LogP contribution in [0.2, 0.25) is 0 Å². The maximum Gasteiger partial charge on any atom is 0.136 e. The Kier molecular flexibility index (Phi) is 3.87. The molecular weight excluding hydrogens is 190 g/mol.